The van der Waals surface area contributed by atoms with E-state index in [1.807, 2.05) is 6.07 Å². The molecular weight excluding hydrogens is 257 g/mol. The topological polar surface area (TPSA) is 44.5 Å². The van der Waals surface area contributed by atoms with Crippen LogP contribution in [0.15, 0.2) is 36.4 Å². The van der Waals surface area contributed by atoms with Gasteiger partial charge in [-0.1, -0.05) is 18.2 Å². The molecule has 0 radical (unpaired) electrons. The van der Waals surface area contributed by atoms with Crippen LogP contribution in [0.5, 0.6) is 11.5 Å². The summed E-state index contributed by atoms with van der Waals surface area (Å²) >= 11 is 0. The van der Waals surface area contributed by atoms with Gasteiger partial charge in [0.2, 0.25) is 0 Å². The first-order valence-corrected chi connectivity index (χ1v) is 6.55. The van der Waals surface area contributed by atoms with Crippen LogP contribution in [0.25, 0.3) is 11.1 Å². The van der Waals surface area contributed by atoms with Gasteiger partial charge in [-0.3, -0.25) is 0 Å². The van der Waals surface area contributed by atoms with Gasteiger partial charge in [-0.05, 0) is 18.2 Å². The van der Waals surface area contributed by atoms with Gasteiger partial charge in [-0.2, -0.15) is 0 Å². The van der Waals surface area contributed by atoms with Gasteiger partial charge < -0.3 is 15.2 Å². The number of nitrogens with two attached hydrogens (primary N) is 1. The van der Waals surface area contributed by atoms with E-state index < -0.39 is 0 Å². The van der Waals surface area contributed by atoms with E-state index in [0.717, 1.165) is 12.0 Å². The van der Waals surface area contributed by atoms with Crippen LogP contribution in [0.3, 0.4) is 0 Å². The zero-order chi connectivity index (χ0) is 14.1. The molecule has 4 heteroatoms. The molecule has 1 aliphatic rings. The number of ether oxygens (including phenoxy) is 2. The average molecular weight is 273 g/mol. The van der Waals surface area contributed by atoms with E-state index in [0.29, 0.717) is 29.2 Å². The second-order valence-corrected chi connectivity index (χ2v) is 4.82. The highest BCUT2D eigenvalue weighted by molar-refractivity contribution is 5.75. The molecule has 2 aromatic carbocycles. The third-order valence-corrected chi connectivity index (χ3v) is 3.53. The minimum Gasteiger partial charge on any atom is -0.497 e. The van der Waals surface area contributed by atoms with Crippen LogP contribution in [0.4, 0.5) is 4.39 Å². The molecule has 3 nitrogen and oxygen atoms in total. The van der Waals surface area contributed by atoms with Gasteiger partial charge in [-0.15, -0.1) is 0 Å². The van der Waals surface area contributed by atoms with Crippen molar-refractivity contribution in [3.8, 4) is 22.6 Å². The van der Waals surface area contributed by atoms with E-state index in [1.54, 1.807) is 31.4 Å². The summed E-state index contributed by atoms with van der Waals surface area (Å²) in [5.41, 5.74) is 7.91. The van der Waals surface area contributed by atoms with Crippen molar-refractivity contribution in [2.75, 3.05) is 13.7 Å². The fourth-order valence-corrected chi connectivity index (χ4v) is 2.53. The number of fused-ring (bicyclic) bond motifs is 1. The minimum atomic E-state index is -0.275. The van der Waals surface area contributed by atoms with Crippen molar-refractivity contribution < 1.29 is 13.9 Å². The molecule has 1 heterocycles. The van der Waals surface area contributed by atoms with Crippen molar-refractivity contribution in [1.82, 2.24) is 0 Å². The first-order chi connectivity index (χ1) is 9.72. The number of hydrogen-bond donors (Lipinski definition) is 1. The lowest BCUT2D eigenvalue weighted by Crippen LogP contribution is -2.24. The summed E-state index contributed by atoms with van der Waals surface area (Å²) in [6.45, 7) is 0.438. The zero-order valence-corrected chi connectivity index (χ0v) is 11.2. The second kappa shape index (κ2) is 5.13. The van der Waals surface area contributed by atoms with Crippen LogP contribution in [-0.2, 0) is 6.42 Å². The van der Waals surface area contributed by atoms with E-state index in [1.165, 1.54) is 6.07 Å². The van der Waals surface area contributed by atoms with Crippen LogP contribution in [0.2, 0.25) is 0 Å². The van der Waals surface area contributed by atoms with Crippen molar-refractivity contribution in [1.29, 1.82) is 0 Å². The quantitative estimate of drug-likeness (QED) is 0.935. The molecule has 104 valence electrons. The van der Waals surface area contributed by atoms with E-state index in [4.69, 9.17) is 15.2 Å². The Morgan fingerprint density at radius 2 is 2.10 bits per heavy atom. The lowest BCUT2D eigenvalue weighted by molar-refractivity contribution is 0.242. The molecular formula is C16H16FNO2. The van der Waals surface area contributed by atoms with Gasteiger partial charge >= 0.3 is 0 Å². The van der Waals surface area contributed by atoms with Crippen LogP contribution in [-0.4, -0.2) is 19.8 Å². The second-order valence-electron chi connectivity index (χ2n) is 4.82. The molecule has 0 spiro atoms. The van der Waals surface area contributed by atoms with E-state index in [2.05, 4.69) is 0 Å². The monoisotopic (exact) mass is 273 g/mol. The Morgan fingerprint density at radius 3 is 2.80 bits per heavy atom. The van der Waals surface area contributed by atoms with E-state index in [9.17, 15) is 4.39 Å². The van der Waals surface area contributed by atoms with Crippen LogP contribution in [0, 0.1) is 5.82 Å². The average Bonchev–Trinajstić information content (AvgIpc) is 2.90. The maximum atomic E-state index is 14.0. The minimum absolute atomic E-state index is 0.0531. The van der Waals surface area contributed by atoms with Crippen molar-refractivity contribution in [3.05, 3.63) is 47.8 Å². The normalized spacial score (nSPS) is 16.6. The Morgan fingerprint density at radius 1 is 1.30 bits per heavy atom. The summed E-state index contributed by atoms with van der Waals surface area (Å²) in [5.74, 6) is 1.14. The summed E-state index contributed by atoms with van der Waals surface area (Å²) in [5, 5.41) is 0. The SMILES string of the molecule is COc1cc2c(c(-c3ccccc3F)c1)O[C@H](CN)C2. The fraction of sp³-hybridized carbons (Fsp3) is 0.250. The largest absolute Gasteiger partial charge is 0.497 e. The Hall–Kier alpha value is -2.07. The molecule has 1 aliphatic heterocycles. The van der Waals surface area contributed by atoms with Crippen molar-refractivity contribution in [2.24, 2.45) is 5.73 Å². The van der Waals surface area contributed by atoms with Gasteiger partial charge in [0.25, 0.3) is 0 Å². The number of rotatable bonds is 3. The van der Waals surface area contributed by atoms with Gasteiger partial charge in [0.1, 0.15) is 23.4 Å². The number of hydrogen-bond acceptors (Lipinski definition) is 3. The summed E-state index contributed by atoms with van der Waals surface area (Å²) in [6, 6.07) is 10.4. The maximum absolute atomic E-state index is 14.0. The molecule has 0 fully saturated rings. The van der Waals surface area contributed by atoms with Gasteiger partial charge in [-0.25, -0.2) is 4.39 Å². The standard InChI is InChI=1S/C16H16FNO2/c1-19-11-6-10-7-12(9-18)20-16(10)14(8-11)13-4-2-3-5-15(13)17/h2-6,8,12H,7,9,18H2,1H3/t12-/m0/s1. The third kappa shape index (κ3) is 2.12. The molecule has 0 bridgehead atoms. The molecule has 3 rings (SSSR count). The first-order valence-electron chi connectivity index (χ1n) is 6.55. The van der Waals surface area contributed by atoms with E-state index in [-0.39, 0.29) is 11.9 Å². The third-order valence-electron chi connectivity index (χ3n) is 3.53. The molecule has 0 saturated heterocycles. The van der Waals surface area contributed by atoms with Gasteiger partial charge in [0, 0.05) is 29.7 Å². The number of halogens is 1. The van der Waals surface area contributed by atoms with Crippen LogP contribution in [0.1, 0.15) is 5.56 Å². The van der Waals surface area contributed by atoms with E-state index >= 15 is 0 Å². The predicted molar refractivity (Wildman–Crippen MR) is 75.6 cm³/mol. The number of benzene rings is 2. The summed E-state index contributed by atoms with van der Waals surface area (Å²) in [4.78, 5) is 0. The summed E-state index contributed by atoms with van der Waals surface area (Å²) < 4.78 is 25.2. The van der Waals surface area contributed by atoms with Gasteiger partial charge in [0.15, 0.2) is 0 Å². The Labute approximate surface area is 117 Å². The lowest BCUT2D eigenvalue weighted by Gasteiger charge is -2.13. The molecule has 0 aromatic heterocycles. The smallest absolute Gasteiger partial charge is 0.131 e. The molecule has 0 saturated carbocycles. The Kier molecular flexibility index (Phi) is 3.32. The molecule has 20 heavy (non-hydrogen) atoms. The predicted octanol–water partition coefficient (Wildman–Crippen LogP) is 2.76. The molecule has 0 aliphatic carbocycles. The zero-order valence-electron chi connectivity index (χ0n) is 11.2. The molecule has 0 amide bonds. The van der Waals surface area contributed by atoms with Crippen molar-refractivity contribution in [3.63, 3.8) is 0 Å². The highest BCUT2D eigenvalue weighted by Gasteiger charge is 2.26. The number of methoxy groups -OCH3 is 1. The Bertz CT molecular complexity index is 642. The molecule has 2 aromatic rings. The fourth-order valence-electron chi connectivity index (χ4n) is 2.53. The molecule has 2 N–H and O–H groups in total. The lowest BCUT2D eigenvalue weighted by atomic mass is 9.99. The van der Waals surface area contributed by atoms with Crippen molar-refractivity contribution >= 4 is 0 Å². The first kappa shape index (κ1) is 12.9. The van der Waals surface area contributed by atoms with Crippen LogP contribution >= 0.6 is 0 Å². The highest BCUT2D eigenvalue weighted by Crippen LogP contribution is 2.42. The highest BCUT2D eigenvalue weighted by atomic mass is 19.1. The van der Waals surface area contributed by atoms with Crippen LogP contribution < -0.4 is 15.2 Å². The maximum Gasteiger partial charge on any atom is 0.131 e. The van der Waals surface area contributed by atoms with Crippen molar-refractivity contribution in [2.45, 2.75) is 12.5 Å². The summed E-state index contributed by atoms with van der Waals surface area (Å²) in [7, 11) is 1.60. The summed E-state index contributed by atoms with van der Waals surface area (Å²) in [6.07, 6.45) is 0.674. The Balaban J connectivity index is 2.16. The molecule has 0 unspecified atom stereocenters. The van der Waals surface area contributed by atoms with Gasteiger partial charge in [0.05, 0.1) is 7.11 Å². The molecule has 1 atom stereocenters.